The van der Waals surface area contributed by atoms with Crippen molar-refractivity contribution in [2.75, 3.05) is 39.3 Å². The fourth-order valence-electron chi connectivity index (χ4n) is 2.27. The van der Waals surface area contributed by atoms with E-state index >= 15 is 0 Å². The number of aryl methyl sites for hydroxylation is 2. The van der Waals surface area contributed by atoms with Gasteiger partial charge in [-0.15, -0.1) is 12.4 Å². The maximum atomic E-state index is 11.8. The molecule has 0 aliphatic carbocycles. The minimum Gasteiger partial charge on any atom is -0.361 e. The van der Waals surface area contributed by atoms with Crippen molar-refractivity contribution in [3.05, 3.63) is 17.0 Å². The highest BCUT2D eigenvalue weighted by atomic mass is 35.5. The first kappa shape index (κ1) is 16.9. The van der Waals surface area contributed by atoms with Crippen LogP contribution in [0.25, 0.3) is 0 Å². The van der Waals surface area contributed by atoms with Gasteiger partial charge in [-0.25, -0.2) is 0 Å². The Hall–Kier alpha value is -1.11. The first-order valence-corrected chi connectivity index (χ1v) is 6.78. The molecule has 0 radical (unpaired) electrons. The number of halogens is 1. The van der Waals surface area contributed by atoms with Gasteiger partial charge in [0.15, 0.2) is 0 Å². The molecule has 0 spiro atoms. The van der Waals surface area contributed by atoms with Gasteiger partial charge < -0.3 is 15.2 Å². The Kier molecular flexibility index (Phi) is 6.98. The molecule has 1 aromatic heterocycles. The predicted molar refractivity (Wildman–Crippen MR) is 79.2 cm³/mol. The van der Waals surface area contributed by atoms with Gasteiger partial charge in [0.25, 0.3) is 0 Å². The van der Waals surface area contributed by atoms with E-state index < -0.39 is 0 Å². The third kappa shape index (κ3) is 4.77. The molecule has 2 N–H and O–H groups in total. The van der Waals surface area contributed by atoms with Crippen LogP contribution in [-0.4, -0.2) is 55.2 Å². The van der Waals surface area contributed by atoms with Crippen LogP contribution < -0.4 is 10.6 Å². The molecular weight excluding hydrogens is 280 g/mol. The summed E-state index contributed by atoms with van der Waals surface area (Å²) in [5, 5.41) is 10.1. The minimum atomic E-state index is 0. The molecule has 1 saturated heterocycles. The van der Waals surface area contributed by atoms with Crippen LogP contribution in [0.3, 0.4) is 0 Å². The van der Waals surface area contributed by atoms with Gasteiger partial charge in [-0.3, -0.25) is 9.69 Å². The second-order valence-corrected chi connectivity index (χ2v) is 4.92. The van der Waals surface area contributed by atoms with Crippen LogP contribution in [0, 0.1) is 13.8 Å². The Labute approximate surface area is 125 Å². The molecule has 0 saturated carbocycles. The van der Waals surface area contributed by atoms with E-state index in [0.29, 0.717) is 13.0 Å². The Bertz CT molecular complexity index is 411. The molecule has 0 atom stereocenters. The molecule has 0 unspecified atom stereocenters. The number of nitrogens with one attached hydrogen (secondary N) is 2. The Morgan fingerprint density at radius 1 is 1.40 bits per heavy atom. The SMILES string of the molecule is Cc1noc(C)c1CC(=O)NCCN1CCNCC1.Cl. The van der Waals surface area contributed by atoms with E-state index in [1.807, 2.05) is 13.8 Å². The summed E-state index contributed by atoms with van der Waals surface area (Å²) in [6.45, 7) is 9.49. The van der Waals surface area contributed by atoms with E-state index in [4.69, 9.17) is 4.52 Å². The molecule has 6 nitrogen and oxygen atoms in total. The normalized spacial score (nSPS) is 15.7. The third-order valence-corrected chi connectivity index (χ3v) is 3.48. The first-order chi connectivity index (χ1) is 9.16. The summed E-state index contributed by atoms with van der Waals surface area (Å²) in [5.74, 6) is 0.763. The molecule has 114 valence electrons. The van der Waals surface area contributed by atoms with Crippen molar-refractivity contribution in [2.24, 2.45) is 0 Å². The zero-order valence-electron chi connectivity index (χ0n) is 12.1. The van der Waals surface area contributed by atoms with Crippen LogP contribution in [-0.2, 0) is 11.2 Å². The van der Waals surface area contributed by atoms with E-state index in [2.05, 4.69) is 20.7 Å². The van der Waals surface area contributed by atoms with Crippen molar-refractivity contribution in [1.82, 2.24) is 20.7 Å². The molecule has 1 fully saturated rings. The molecule has 0 bridgehead atoms. The van der Waals surface area contributed by atoms with Gasteiger partial charge in [-0.2, -0.15) is 0 Å². The standard InChI is InChI=1S/C13H22N4O2.ClH/c1-10-12(11(2)19-16-10)9-13(18)15-5-8-17-6-3-14-4-7-17;/h14H,3-9H2,1-2H3,(H,15,18);1H. The molecule has 7 heteroatoms. The number of nitrogens with zero attached hydrogens (tertiary/aromatic N) is 2. The van der Waals surface area contributed by atoms with Crippen LogP contribution in [0.1, 0.15) is 17.0 Å². The smallest absolute Gasteiger partial charge is 0.224 e. The molecule has 2 heterocycles. The maximum Gasteiger partial charge on any atom is 0.224 e. The molecular formula is C13H23ClN4O2. The van der Waals surface area contributed by atoms with Gasteiger partial charge in [0.1, 0.15) is 5.76 Å². The number of hydrogen-bond donors (Lipinski definition) is 2. The lowest BCUT2D eigenvalue weighted by atomic mass is 10.1. The topological polar surface area (TPSA) is 70.4 Å². The number of amides is 1. The van der Waals surface area contributed by atoms with Gasteiger partial charge in [-0.1, -0.05) is 5.16 Å². The Morgan fingerprint density at radius 3 is 2.70 bits per heavy atom. The van der Waals surface area contributed by atoms with Crippen molar-refractivity contribution in [2.45, 2.75) is 20.3 Å². The third-order valence-electron chi connectivity index (χ3n) is 3.48. The van der Waals surface area contributed by atoms with Gasteiger partial charge in [0.05, 0.1) is 12.1 Å². The van der Waals surface area contributed by atoms with Crippen molar-refractivity contribution in [3.63, 3.8) is 0 Å². The second kappa shape index (κ2) is 8.24. The summed E-state index contributed by atoms with van der Waals surface area (Å²) in [6, 6.07) is 0. The molecule has 2 rings (SSSR count). The quantitative estimate of drug-likeness (QED) is 0.817. The molecule has 20 heavy (non-hydrogen) atoms. The fraction of sp³-hybridized carbons (Fsp3) is 0.692. The average molecular weight is 303 g/mol. The van der Waals surface area contributed by atoms with Crippen molar-refractivity contribution in [1.29, 1.82) is 0 Å². The fourth-order valence-corrected chi connectivity index (χ4v) is 2.27. The number of aromatic nitrogens is 1. The molecule has 1 aliphatic heterocycles. The van der Waals surface area contributed by atoms with Gasteiger partial charge in [0.2, 0.25) is 5.91 Å². The van der Waals surface area contributed by atoms with E-state index in [1.165, 1.54) is 0 Å². The van der Waals surface area contributed by atoms with Crippen LogP contribution in [0.2, 0.25) is 0 Å². The largest absolute Gasteiger partial charge is 0.361 e. The van der Waals surface area contributed by atoms with Gasteiger partial charge in [-0.05, 0) is 13.8 Å². The summed E-state index contributed by atoms with van der Waals surface area (Å²) in [5.41, 5.74) is 1.70. The van der Waals surface area contributed by atoms with Crippen LogP contribution in [0.4, 0.5) is 0 Å². The van der Waals surface area contributed by atoms with E-state index in [0.717, 1.165) is 49.7 Å². The summed E-state index contributed by atoms with van der Waals surface area (Å²) in [6.07, 6.45) is 0.350. The highest BCUT2D eigenvalue weighted by Crippen LogP contribution is 2.12. The average Bonchev–Trinajstić information content (AvgIpc) is 2.72. The summed E-state index contributed by atoms with van der Waals surface area (Å²) >= 11 is 0. The number of piperazine rings is 1. The highest BCUT2D eigenvalue weighted by molar-refractivity contribution is 5.85. The lowest BCUT2D eigenvalue weighted by molar-refractivity contribution is -0.120. The number of carbonyl (C=O) groups is 1. The molecule has 1 aliphatic rings. The minimum absolute atomic E-state index is 0. The molecule has 0 aromatic carbocycles. The number of rotatable bonds is 5. The Balaban J connectivity index is 0.00000200. The van der Waals surface area contributed by atoms with E-state index in [-0.39, 0.29) is 18.3 Å². The van der Waals surface area contributed by atoms with Crippen molar-refractivity contribution in [3.8, 4) is 0 Å². The van der Waals surface area contributed by atoms with E-state index in [9.17, 15) is 4.79 Å². The molecule has 1 amide bonds. The highest BCUT2D eigenvalue weighted by Gasteiger charge is 2.14. The predicted octanol–water partition coefficient (Wildman–Crippen LogP) is 0.277. The Morgan fingerprint density at radius 2 is 2.10 bits per heavy atom. The summed E-state index contributed by atoms with van der Waals surface area (Å²) in [7, 11) is 0. The van der Waals surface area contributed by atoms with Crippen LogP contribution in [0.15, 0.2) is 4.52 Å². The number of hydrogen-bond acceptors (Lipinski definition) is 5. The monoisotopic (exact) mass is 302 g/mol. The zero-order chi connectivity index (χ0) is 13.7. The van der Waals surface area contributed by atoms with E-state index in [1.54, 1.807) is 0 Å². The second-order valence-electron chi connectivity index (χ2n) is 4.92. The van der Waals surface area contributed by atoms with Crippen LogP contribution in [0.5, 0.6) is 0 Å². The number of carbonyl (C=O) groups excluding carboxylic acids is 1. The van der Waals surface area contributed by atoms with Gasteiger partial charge in [0, 0.05) is 44.8 Å². The molecule has 1 aromatic rings. The first-order valence-electron chi connectivity index (χ1n) is 6.78. The van der Waals surface area contributed by atoms with Crippen molar-refractivity contribution < 1.29 is 9.32 Å². The van der Waals surface area contributed by atoms with Crippen molar-refractivity contribution >= 4 is 18.3 Å². The summed E-state index contributed by atoms with van der Waals surface area (Å²) in [4.78, 5) is 14.2. The van der Waals surface area contributed by atoms with Crippen LogP contribution >= 0.6 is 12.4 Å². The van der Waals surface area contributed by atoms with Gasteiger partial charge >= 0.3 is 0 Å². The zero-order valence-corrected chi connectivity index (χ0v) is 12.9. The lowest BCUT2D eigenvalue weighted by Gasteiger charge is -2.27. The summed E-state index contributed by atoms with van der Waals surface area (Å²) < 4.78 is 5.05. The lowest BCUT2D eigenvalue weighted by Crippen LogP contribution is -2.46. The maximum absolute atomic E-state index is 11.8.